The van der Waals surface area contributed by atoms with Crippen molar-refractivity contribution in [2.45, 2.75) is 110 Å². The molecule has 3 rings (SSSR count). The van der Waals surface area contributed by atoms with Crippen molar-refractivity contribution < 1.29 is 0 Å². The molecule has 1 nitrogen and oxygen atoms in total. The zero-order valence-electron chi connectivity index (χ0n) is 20.2. The van der Waals surface area contributed by atoms with Gasteiger partial charge in [0.15, 0.2) is 0 Å². The van der Waals surface area contributed by atoms with Crippen LogP contribution in [0, 0.1) is 11.8 Å². The first-order valence-corrected chi connectivity index (χ1v) is 13.3. The Morgan fingerprint density at radius 2 is 1.29 bits per heavy atom. The molecular weight excluding hydrogens is 374 g/mol. The van der Waals surface area contributed by atoms with Gasteiger partial charge in [-0.1, -0.05) is 115 Å². The molecule has 0 saturated heterocycles. The van der Waals surface area contributed by atoms with Gasteiger partial charge in [-0.15, -0.1) is 0 Å². The quantitative estimate of drug-likeness (QED) is 0.295. The summed E-state index contributed by atoms with van der Waals surface area (Å²) in [6.45, 7) is 4.55. The van der Waals surface area contributed by atoms with E-state index in [0.29, 0.717) is 0 Å². The molecule has 1 heterocycles. The lowest BCUT2D eigenvalue weighted by Crippen LogP contribution is -2.15. The van der Waals surface area contributed by atoms with Crippen molar-refractivity contribution in [1.82, 2.24) is 4.98 Å². The van der Waals surface area contributed by atoms with Crippen molar-refractivity contribution in [3.05, 3.63) is 53.7 Å². The lowest BCUT2D eigenvalue weighted by atomic mass is 9.77. The summed E-state index contributed by atoms with van der Waals surface area (Å²) in [5.74, 6) is 1.98. The highest BCUT2D eigenvalue weighted by Crippen LogP contribution is 2.34. The number of rotatable bonds is 13. The van der Waals surface area contributed by atoms with E-state index >= 15 is 0 Å². The first-order valence-electron chi connectivity index (χ1n) is 13.3. The van der Waals surface area contributed by atoms with Crippen LogP contribution >= 0.6 is 0 Å². The Labute approximate surface area is 192 Å². The molecule has 1 aliphatic rings. The molecule has 1 aliphatic carbocycles. The van der Waals surface area contributed by atoms with Gasteiger partial charge in [0.2, 0.25) is 0 Å². The number of aryl methyl sites for hydroxylation is 2. The normalized spacial score (nSPS) is 18.9. The summed E-state index contributed by atoms with van der Waals surface area (Å²) in [5.41, 5.74) is 5.18. The maximum absolute atomic E-state index is 4.69. The molecule has 1 heteroatoms. The fraction of sp³-hybridized carbons (Fsp3) is 0.633. The number of unbranched alkanes of at least 4 members (excludes halogenated alkanes) is 5. The smallest absolute Gasteiger partial charge is 0.0702 e. The van der Waals surface area contributed by atoms with Crippen molar-refractivity contribution in [1.29, 1.82) is 0 Å². The predicted molar refractivity (Wildman–Crippen MR) is 135 cm³/mol. The monoisotopic (exact) mass is 419 g/mol. The van der Waals surface area contributed by atoms with Crippen LogP contribution in [0.1, 0.15) is 108 Å². The number of aromatic nitrogens is 1. The number of hydrogen-bond donors (Lipinski definition) is 0. The van der Waals surface area contributed by atoms with Crippen molar-refractivity contribution in [3.8, 4) is 11.3 Å². The van der Waals surface area contributed by atoms with Gasteiger partial charge in [0, 0.05) is 11.8 Å². The largest absolute Gasteiger partial charge is 0.256 e. The Hall–Kier alpha value is -1.63. The van der Waals surface area contributed by atoms with Crippen LogP contribution in [0.25, 0.3) is 11.3 Å². The second-order valence-electron chi connectivity index (χ2n) is 9.98. The van der Waals surface area contributed by atoms with E-state index in [0.717, 1.165) is 24.0 Å². The van der Waals surface area contributed by atoms with Gasteiger partial charge >= 0.3 is 0 Å². The van der Waals surface area contributed by atoms with Crippen LogP contribution in [0.5, 0.6) is 0 Å². The minimum atomic E-state index is 0.952. The zero-order valence-corrected chi connectivity index (χ0v) is 20.2. The third-order valence-corrected chi connectivity index (χ3v) is 7.42. The molecule has 0 unspecified atom stereocenters. The Morgan fingerprint density at radius 1 is 0.645 bits per heavy atom. The van der Waals surface area contributed by atoms with E-state index in [-0.39, 0.29) is 0 Å². The minimum absolute atomic E-state index is 0.952. The van der Waals surface area contributed by atoms with Crippen LogP contribution in [-0.4, -0.2) is 4.98 Å². The summed E-state index contributed by atoms with van der Waals surface area (Å²) < 4.78 is 0. The van der Waals surface area contributed by atoms with Crippen LogP contribution in [-0.2, 0) is 12.8 Å². The molecule has 0 radical (unpaired) electrons. The average molecular weight is 420 g/mol. The van der Waals surface area contributed by atoms with Crippen molar-refractivity contribution >= 4 is 0 Å². The van der Waals surface area contributed by atoms with E-state index in [1.165, 1.54) is 107 Å². The van der Waals surface area contributed by atoms with Crippen LogP contribution in [0.15, 0.2) is 42.6 Å². The summed E-state index contributed by atoms with van der Waals surface area (Å²) in [7, 11) is 0. The highest BCUT2D eigenvalue weighted by Gasteiger charge is 2.20. The first kappa shape index (κ1) is 24.0. The maximum Gasteiger partial charge on any atom is 0.0702 e. The molecule has 1 saturated carbocycles. The SMILES string of the molecule is CCCCCCCC1CCC(CCc2ccc(-c3ccc(CCCC)cn3)cc2)CC1. The summed E-state index contributed by atoms with van der Waals surface area (Å²) in [5, 5.41) is 0. The molecule has 0 aliphatic heterocycles. The highest BCUT2D eigenvalue weighted by atomic mass is 14.7. The van der Waals surface area contributed by atoms with Crippen LogP contribution in [0.2, 0.25) is 0 Å². The molecule has 0 amide bonds. The fourth-order valence-corrected chi connectivity index (χ4v) is 5.18. The van der Waals surface area contributed by atoms with Gasteiger partial charge in [-0.3, -0.25) is 4.98 Å². The standard InChI is InChI=1S/C30H45N/c1-3-5-7-8-9-11-25-12-14-26(15-13-25)16-17-27-18-21-29(22-19-27)30-23-20-28(24-31-30)10-6-4-2/h18-26H,3-17H2,1-2H3. The zero-order chi connectivity index (χ0) is 21.7. The maximum atomic E-state index is 4.69. The fourth-order valence-electron chi connectivity index (χ4n) is 5.18. The van der Waals surface area contributed by atoms with Gasteiger partial charge in [0.05, 0.1) is 5.69 Å². The van der Waals surface area contributed by atoms with Crippen LogP contribution < -0.4 is 0 Å². The van der Waals surface area contributed by atoms with E-state index in [1.807, 2.05) is 0 Å². The minimum Gasteiger partial charge on any atom is -0.256 e. The molecule has 31 heavy (non-hydrogen) atoms. The Balaban J connectivity index is 1.36. The van der Waals surface area contributed by atoms with Gasteiger partial charge in [-0.25, -0.2) is 0 Å². The molecule has 0 N–H and O–H groups in total. The molecule has 1 aromatic heterocycles. The number of benzene rings is 1. The molecule has 1 fully saturated rings. The van der Waals surface area contributed by atoms with Crippen LogP contribution in [0.3, 0.4) is 0 Å². The highest BCUT2D eigenvalue weighted by molar-refractivity contribution is 5.59. The Morgan fingerprint density at radius 3 is 1.94 bits per heavy atom. The predicted octanol–water partition coefficient (Wildman–Crippen LogP) is 9.19. The Kier molecular flexibility index (Phi) is 10.6. The second kappa shape index (κ2) is 13.7. The van der Waals surface area contributed by atoms with Gasteiger partial charge < -0.3 is 0 Å². The summed E-state index contributed by atoms with van der Waals surface area (Å²) in [4.78, 5) is 4.69. The van der Waals surface area contributed by atoms with Gasteiger partial charge in [-0.2, -0.15) is 0 Å². The second-order valence-corrected chi connectivity index (χ2v) is 9.98. The van der Waals surface area contributed by atoms with E-state index in [2.05, 4.69) is 56.4 Å². The molecule has 2 aromatic rings. The van der Waals surface area contributed by atoms with E-state index in [9.17, 15) is 0 Å². The van der Waals surface area contributed by atoms with Gasteiger partial charge in [0.1, 0.15) is 0 Å². The number of nitrogens with zero attached hydrogens (tertiary/aromatic N) is 1. The van der Waals surface area contributed by atoms with Crippen molar-refractivity contribution in [2.24, 2.45) is 11.8 Å². The number of pyridine rings is 1. The van der Waals surface area contributed by atoms with Gasteiger partial charge in [-0.05, 0) is 54.7 Å². The summed E-state index contributed by atoms with van der Waals surface area (Å²) in [6, 6.07) is 13.6. The molecule has 1 aromatic carbocycles. The third-order valence-electron chi connectivity index (χ3n) is 7.42. The van der Waals surface area contributed by atoms with Crippen molar-refractivity contribution in [3.63, 3.8) is 0 Å². The van der Waals surface area contributed by atoms with E-state index in [4.69, 9.17) is 4.98 Å². The molecular formula is C30H45N. The molecule has 0 spiro atoms. The number of hydrogen-bond acceptors (Lipinski definition) is 1. The van der Waals surface area contributed by atoms with E-state index < -0.39 is 0 Å². The first-order chi connectivity index (χ1) is 15.3. The molecule has 0 atom stereocenters. The van der Waals surface area contributed by atoms with Crippen molar-refractivity contribution in [2.75, 3.05) is 0 Å². The van der Waals surface area contributed by atoms with E-state index in [1.54, 1.807) is 0 Å². The van der Waals surface area contributed by atoms with Crippen LogP contribution in [0.4, 0.5) is 0 Å². The summed E-state index contributed by atoms with van der Waals surface area (Å²) in [6.07, 6.45) is 22.8. The molecule has 0 bridgehead atoms. The molecule has 170 valence electrons. The Bertz CT molecular complexity index is 707. The van der Waals surface area contributed by atoms with Gasteiger partial charge in [0.25, 0.3) is 0 Å². The lowest BCUT2D eigenvalue weighted by molar-refractivity contribution is 0.248. The third kappa shape index (κ3) is 8.43. The average Bonchev–Trinajstić information content (AvgIpc) is 2.83. The summed E-state index contributed by atoms with van der Waals surface area (Å²) >= 11 is 0. The lowest BCUT2D eigenvalue weighted by Gasteiger charge is -2.28. The topological polar surface area (TPSA) is 12.9 Å².